The van der Waals surface area contributed by atoms with Crippen LogP contribution in [-0.4, -0.2) is 15.0 Å². The number of rotatable bonds is 5. The second-order valence-electron chi connectivity index (χ2n) is 19.2. The molecule has 0 saturated carbocycles. The zero-order valence-electron chi connectivity index (χ0n) is 36.7. The second kappa shape index (κ2) is 14.4. The molecule has 2 aliphatic carbocycles. The van der Waals surface area contributed by atoms with Gasteiger partial charge < -0.3 is 0 Å². The lowest BCUT2D eigenvalue weighted by Gasteiger charge is -2.33. The summed E-state index contributed by atoms with van der Waals surface area (Å²) in [7, 11) is 0. The molecule has 3 nitrogen and oxygen atoms in total. The van der Waals surface area contributed by atoms with Gasteiger partial charge in [0, 0.05) is 16.7 Å². The predicted molar refractivity (Wildman–Crippen MR) is 261 cm³/mol. The average Bonchev–Trinajstić information content (AvgIpc) is 3.78. The van der Waals surface area contributed by atoms with Gasteiger partial charge in [-0.05, 0) is 94.8 Å². The van der Waals surface area contributed by atoms with Crippen molar-refractivity contribution in [2.24, 2.45) is 0 Å². The van der Waals surface area contributed by atoms with E-state index in [1.165, 1.54) is 55.6 Å². The van der Waals surface area contributed by atoms with Crippen molar-refractivity contribution in [3.05, 3.63) is 221 Å². The Kier molecular flexibility index (Phi) is 8.86. The van der Waals surface area contributed by atoms with E-state index in [2.05, 4.69) is 230 Å². The first-order valence-electron chi connectivity index (χ1n) is 22.1. The number of aromatic nitrogens is 3. The maximum atomic E-state index is 5.44. The van der Waals surface area contributed by atoms with Gasteiger partial charge in [-0.3, -0.25) is 0 Å². The third-order valence-electron chi connectivity index (χ3n) is 13.3. The van der Waals surface area contributed by atoms with Gasteiger partial charge in [0.15, 0.2) is 17.5 Å². The Morgan fingerprint density at radius 1 is 0.286 bits per heavy atom. The minimum absolute atomic E-state index is 0.0336. The first-order valence-corrected chi connectivity index (χ1v) is 22.1. The number of benzene rings is 8. The highest BCUT2D eigenvalue weighted by molar-refractivity contribution is 5.96. The van der Waals surface area contributed by atoms with Crippen molar-refractivity contribution < 1.29 is 0 Å². The summed E-state index contributed by atoms with van der Waals surface area (Å²) in [5.41, 5.74) is 19.6. The lowest BCUT2D eigenvalue weighted by atomic mass is 9.68. The van der Waals surface area contributed by atoms with Crippen LogP contribution in [0.15, 0.2) is 188 Å². The van der Waals surface area contributed by atoms with Gasteiger partial charge in [0.1, 0.15) is 0 Å². The fourth-order valence-electron chi connectivity index (χ4n) is 10.1. The lowest BCUT2D eigenvalue weighted by molar-refractivity contribution is 0.586. The van der Waals surface area contributed by atoms with Crippen LogP contribution in [0.4, 0.5) is 0 Å². The van der Waals surface area contributed by atoms with Crippen LogP contribution in [0.3, 0.4) is 0 Å². The van der Waals surface area contributed by atoms with Gasteiger partial charge >= 0.3 is 0 Å². The van der Waals surface area contributed by atoms with Gasteiger partial charge in [0.25, 0.3) is 0 Å². The SMILES string of the molecule is CC(C)(C)c1ccc2c(c1)C1(c3ccccc3-c3ccc(-c4nc(-c5ccccc5-c5ccccc5)nc(-c5ccccc5-c5ccccc5)n4)cc31)c1cc(C(C)(C)C)ccc1-2. The smallest absolute Gasteiger partial charge is 0.164 e. The molecule has 1 aromatic heterocycles. The molecule has 9 aromatic rings. The molecule has 0 N–H and O–H groups in total. The van der Waals surface area contributed by atoms with Crippen molar-refractivity contribution in [3.63, 3.8) is 0 Å². The van der Waals surface area contributed by atoms with Crippen LogP contribution in [0.1, 0.15) is 74.9 Å². The van der Waals surface area contributed by atoms with Crippen molar-refractivity contribution in [3.8, 4) is 78.7 Å². The Bertz CT molecular complexity index is 3070. The maximum Gasteiger partial charge on any atom is 0.164 e. The molecule has 304 valence electrons. The summed E-state index contributed by atoms with van der Waals surface area (Å²) in [5, 5.41) is 0. The molecule has 0 bridgehead atoms. The molecule has 3 heteroatoms. The van der Waals surface area contributed by atoms with Crippen molar-refractivity contribution >= 4 is 0 Å². The van der Waals surface area contributed by atoms with Crippen LogP contribution in [0, 0.1) is 0 Å². The maximum absolute atomic E-state index is 5.44. The minimum Gasteiger partial charge on any atom is -0.208 e. The third kappa shape index (κ3) is 6.21. The molecule has 8 aromatic carbocycles. The summed E-state index contributed by atoms with van der Waals surface area (Å²) in [6.07, 6.45) is 0. The number of hydrogen-bond acceptors (Lipinski definition) is 3. The molecule has 0 unspecified atom stereocenters. The van der Waals surface area contributed by atoms with E-state index in [9.17, 15) is 0 Å². The van der Waals surface area contributed by atoms with Gasteiger partial charge in [-0.2, -0.15) is 0 Å². The van der Waals surface area contributed by atoms with Gasteiger partial charge in [-0.1, -0.05) is 224 Å². The fraction of sp³-hybridized carbons (Fsp3) is 0.150. The summed E-state index contributed by atoms with van der Waals surface area (Å²) >= 11 is 0. The van der Waals surface area contributed by atoms with Crippen molar-refractivity contribution in [2.45, 2.75) is 57.8 Å². The first-order chi connectivity index (χ1) is 30.5. The molecule has 0 aliphatic heterocycles. The molecule has 0 saturated heterocycles. The molecule has 0 atom stereocenters. The van der Waals surface area contributed by atoms with E-state index < -0.39 is 5.41 Å². The summed E-state index contributed by atoms with van der Waals surface area (Å²) in [4.78, 5) is 16.2. The van der Waals surface area contributed by atoms with E-state index in [-0.39, 0.29) is 10.8 Å². The summed E-state index contributed by atoms with van der Waals surface area (Å²) in [6.45, 7) is 13.9. The van der Waals surface area contributed by atoms with Gasteiger partial charge in [-0.25, -0.2) is 15.0 Å². The highest BCUT2D eigenvalue weighted by Gasteiger charge is 2.52. The van der Waals surface area contributed by atoms with Crippen molar-refractivity contribution in [1.29, 1.82) is 0 Å². The Morgan fingerprint density at radius 3 is 1.13 bits per heavy atom. The first kappa shape index (κ1) is 38.7. The molecule has 0 radical (unpaired) electrons. The Balaban J connectivity index is 1.20. The molecule has 11 rings (SSSR count). The standard InChI is InChI=1S/C60H49N3/c1-58(2,3)41-30-33-47-48-34-31-42(59(4,5)6)37-54(48)60(53(47)36-41)51-28-18-17-25-45(51)46-32-29-40(35-52(46)60)55-61-56(49-26-15-13-23-43(49)38-19-9-7-10-20-38)63-57(62-55)50-27-16-14-24-44(50)39-21-11-8-12-22-39/h7-37H,1-6H3. The number of nitrogens with zero attached hydrogens (tertiary/aromatic N) is 3. The zero-order chi connectivity index (χ0) is 43.1. The van der Waals surface area contributed by atoms with Crippen molar-refractivity contribution in [2.75, 3.05) is 0 Å². The summed E-state index contributed by atoms with van der Waals surface area (Å²) in [6, 6.07) is 68.4. The average molecular weight is 812 g/mol. The fourth-order valence-corrected chi connectivity index (χ4v) is 10.1. The van der Waals surface area contributed by atoms with Gasteiger partial charge in [0.05, 0.1) is 5.41 Å². The van der Waals surface area contributed by atoms with E-state index in [4.69, 9.17) is 15.0 Å². The van der Waals surface area contributed by atoms with E-state index in [1.54, 1.807) is 0 Å². The van der Waals surface area contributed by atoms with Crippen molar-refractivity contribution in [1.82, 2.24) is 15.0 Å². The van der Waals surface area contributed by atoms with E-state index in [0.29, 0.717) is 17.5 Å². The lowest BCUT2D eigenvalue weighted by Crippen LogP contribution is -2.27. The molecule has 0 amide bonds. The molecular weight excluding hydrogens is 763 g/mol. The van der Waals surface area contributed by atoms with Crippen LogP contribution >= 0.6 is 0 Å². The largest absolute Gasteiger partial charge is 0.208 e. The monoisotopic (exact) mass is 811 g/mol. The minimum atomic E-state index is -0.548. The van der Waals surface area contributed by atoms with Crippen LogP contribution in [0.25, 0.3) is 78.7 Å². The van der Waals surface area contributed by atoms with Crippen LogP contribution < -0.4 is 0 Å². The normalized spacial score (nSPS) is 13.4. The summed E-state index contributed by atoms with van der Waals surface area (Å²) in [5.74, 6) is 1.91. The van der Waals surface area contributed by atoms with E-state index in [1.807, 2.05) is 0 Å². The quantitative estimate of drug-likeness (QED) is 0.174. The van der Waals surface area contributed by atoms with Gasteiger partial charge in [0.2, 0.25) is 0 Å². The highest BCUT2D eigenvalue weighted by atomic mass is 15.0. The molecule has 0 fully saturated rings. The van der Waals surface area contributed by atoms with Crippen LogP contribution in [0.2, 0.25) is 0 Å². The van der Waals surface area contributed by atoms with Crippen LogP contribution in [-0.2, 0) is 16.2 Å². The number of hydrogen-bond donors (Lipinski definition) is 0. The van der Waals surface area contributed by atoms with Crippen LogP contribution in [0.5, 0.6) is 0 Å². The third-order valence-corrected chi connectivity index (χ3v) is 13.3. The predicted octanol–water partition coefficient (Wildman–Crippen LogP) is 15.1. The zero-order valence-corrected chi connectivity index (χ0v) is 36.7. The topological polar surface area (TPSA) is 38.7 Å². The van der Waals surface area contributed by atoms with E-state index >= 15 is 0 Å². The molecule has 2 aliphatic rings. The molecule has 63 heavy (non-hydrogen) atoms. The Morgan fingerprint density at radius 2 is 0.651 bits per heavy atom. The molecule has 1 heterocycles. The molecular formula is C60H49N3. The summed E-state index contributed by atoms with van der Waals surface area (Å²) < 4.78 is 0. The Labute approximate surface area is 371 Å². The van der Waals surface area contributed by atoms with E-state index in [0.717, 1.165) is 38.9 Å². The van der Waals surface area contributed by atoms with Gasteiger partial charge in [-0.15, -0.1) is 0 Å². The second-order valence-corrected chi connectivity index (χ2v) is 19.2. The molecule has 1 spiro atoms. The Hall–Kier alpha value is -7.23. The highest BCUT2D eigenvalue weighted by Crippen LogP contribution is 2.64. The number of fused-ring (bicyclic) bond motifs is 10.